The number of carbonyl (C=O) groups excluding carboxylic acids is 1. The number of hydrogen-bond donors (Lipinski definition) is 2. The van der Waals surface area contributed by atoms with Gasteiger partial charge in [-0.25, -0.2) is 9.59 Å². The Morgan fingerprint density at radius 2 is 2.15 bits per heavy atom. The minimum Gasteiger partial charge on any atom is -0.480 e. The Hall–Kier alpha value is -1.30. The van der Waals surface area contributed by atoms with E-state index in [1.54, 1.807) is 11.9 Å². The van der Waals surface area contributed by atoms with Crippen LogP contribution in [0.4, 0.5) is 4.79 Å². The summed E-state index contributed by atoms with van der Waals surface area (Å²) in [6, 6.07) is -0.964. The summed E-state index contributed by atoms with van der Waals surface area (Å²) in [5.41, 5.74) is 0. The summed E-state index contributed by atoms with van der Waals surface area (Å²) in [6.45, 7) is 5.65. The summed E-state index contributed by atoms with van der Waals surface area (Å²) in [4.78, 5) is 27.3. The SMILES string of the molecule is CCC(C)C(NC(=O)N(C)C1CCCN(C)C1)C(=O)O. The molecule has 1 heterocycles. The number of carbonyl (C=O) groups is 2. The van der Waals surface area contributed by atoms with Gasteiger partial charge in [-0.05, 0) is 32.4 Å². The third-order valence-corrected chi connectivity index (χ3v) is 4.23. The minimum atomic E-state index is -0.970. The van der Waals surface area contributed by atoms with Crippen LogP contribution in [0, 0.1) is 5.92 Å². The molecule has 116 valence electrons. The highest BCUT2D eigenvalue weighted by atomic mass is 16.4. The molecule has 2 N–H and O–H groups in total. The Morgan fingerprint density at radius 1 is 1.50 bits per heavy atom. The van der Waals surface area contributed by atoms with Crippen LogP contribution >= 0.6 is 0 Å². The van der Waals surface area contributed by atoms with Crippen LogP contribution in [0.5, 0.6) is 0 Å². The molecule has 0 spiro atoms. The second-order valence-electron chi connectivity index (χ2n) is 5.82. The monoisotopic (exact) mass is 285 g/mol. The summed E-state index contributed by atoms with van der Waals surface area (Å²) in [7, 11) is 3.78. The zero-order chi connectivity index (χ0) is 15.3. The van der Waals surface area contributed by atoms with Crippen molar-refractivity contribution in [2.24, 2.45) is 5.92 Å². The van der Waals surface area contributed by atoms with Crippen molar-refractivity contribution in [2.75, 3.05) is 27.2 Å². The molecule has 0 aromatic rings. The number of hydrogen-bond acceptors (Lipinski definition) is 3. The number of carboxylic acid groups (broad SMARTS) is 1. The van der Waals surface area contributed by atoms with Crippen molar-refractivity contribution in [1.82, 2.24) is 15.1 Å². The smallest absolute Gasteiger partial charge is 0.326 e. The Bertz CT molecular complexity index is 349. The molecule has 0 aliphatic carbocycles. The van der Waals surface area contributed by atoms with Crippen LogP contribution in [-0.4, -0.2) is 66.2 Å². The Balaban J connectivity index is 2.61. The summed E-state index contributed by atoms with van der Waals surface area (Å²) in [6.07, 6.45) is 2.75. The summed E-state index contributed by atoms with van der Waals surface area (Å²) in [5.74, 6) is -1.05. The third kappa shape index (κ3) is 4.37. The number of amides is 2. The van der Waals surface area contributed by atoms with Gasteiger partial charge < -0.3 is 20.2 Å². The average Bonchev–Trinajstić information content (AvgIpc) is 2.42. The summed E-state index contributed by atoms with van der Waals surface area (Å²) >= 11 is 0. The topological polar surface area (TPSA) is 72.9 Å². The maximum Gasteiger partial charge on any atom is 0.326 e. The van der Waals surface area contributed by atoms with Crippen molar-refractivity contribution >= 4 is 12.0 Å². The molecule has 1 fully saturated rings. The first-order chi connectivity index (χ1) is 9.36. The first-order valence-electron chi connectivity index (χ1n) is 7.31. The van der Waals surface area contributed by atoms with Crippen LogP contribution in [-0.2, 0) is 4.79 Å². The quantitative estimate of drug-likeness (QED) is 0.796. The van der Waals surface area contributed by atoms with Crippen molar-refractivity contribution in [3.8, 4) is 0 Å². The van der Waals surface area contributed by atoms with Crippen molar-refractivity contribution in [3.05, 3.63) is 0 Å². The van der Waals surface area contributed by atoms with Crippen molar-refractivity contribution in [3.63, 3.8) is 0 Å². The maximum absolute atomic E-state index is 12.2. The predicted octanol–water partition coefficient (Wildman–Crippen LogP) is 1.22. The van der Waals surface area contributed by atoms with E-state index in [1.807, 2.05) is 20.9 Å². The number of aliphatic carboxylic acids is 1. The van der Waals surface area contributed by atoms with Gasteiger partial charge in [-0.2, -0.15) is 0 Å². The normalized spacial score (nSPS) is 22.9. The van der Waals surface area contributed by atoms with Gasteiger partial charge in [-0.1, -0.05) is 20.3 Å². The zero-order valence-corrected chi connectivity index (χ0v) is 12.9. The Kier molecular flexibility index (Phi) is 6.26. The largest absolute Gasteiger partial charge is 0.480 e. The molecule has 0 aromatic carbocycles. The maximum atomic E-state index is 12.2. The second-order valence-corrected chi connectivity index (χ2v) is 5.82. The lowest BCUT2D eigenvalue weighted by molar-refractivity contribution is -0.140. The second kappa shape index (κ2) is 7.47. The summed E-state index contributed by atoms with van der Waals surface area (Å²) in [5, 5.41) is 11.9. The van der Waals surface area contributed by atoms with Gasteiger partial charge in [0.05, 0.1) is 0 Å². The van der Waals surface area contributed by atoms with E-state index in [4.69, 9.17) is 0 Å². The van der Waals surface area contributed by atoms with Crippen molar-refractivity contribution in [1.29, 1.82) is 0 Å². The molecule has 0 aromatic heterocycles. The fourth-order valence-electron chi connectivity index (χ4n) is 2.54. The molecular formula is C14H27N3O3. The molecule has 1 rings (SSSR count). The van der Waals surface area contributed by atoms with E-state index in [9.17, 15) is 14.7 Å². The van der Waals surface area contributed by atoms with Crippen LogP contribution < -0.4 is 5.32 Å². The molecule has 3 atom stereocenters. The number of likely N-dealkylation sites (N-methyl/N-ethyl adjacent to an activating group) is 2. The molecule has 6 nitrogen and oxygen atoms in total. The lowest BCUT2D eigenvalue weighted by Gasteiger charge is -2.36. The first-order valence-corrected chi connectivity index (χ1v) is 7.31. The molecule has 20 heavy (non-hydrogen) atoms. The van der Waals surface area contributed by atoms with Gasteiger partial charge in [-0.3, -0.25) is 0 Å². The fraction of sp³-hybridized carbons (Fsp3) is 0.857. The highest BCUT2D eigenvalue weighted by Gasteiger charge is 2.29. The number of nitrogens with zero attached hydrogens (tertiary/aromatic N) is 2. The number of carboxylic acids is 1. The summed E-state index contributed by atoms with van der Waals surface area (Å²) < 4.78 is 0. The number of rotatable bonds is 5. The predicted molar refractivity (Wildman–Crippen MR) is 77.7 cm³/mol. The molecule has 1 aliphatic rings. The number of urea groups is 1. The molecule has 2 amide bonds. The van der Waals surface area contributed by atoms with E-state index in [-0.39, 0.29) is 18.0 Å². The van der Waals surface area contributed by atoms with E-state index >= 15 is 0 Å². The lowest BCUT2D eigenvalue weighted by atomic mass is 9.99. The molecule has 1 aliphatic heterocycles. The van der Waals surface area contributed by atoms with Gasteiger partial charge in [0.2, 0.25) is 0 Å². The first kappa shape index (κ1) is 16.8. The van der Waals surface area contributed by atoms with Crippen LogP contribution in [0.15, 0.2) is 0 Å². The van der Waals surface area contributed by atoms with Gasteiger partial charge in [0, 0.05) is 19.6 Å². The zero-order valence-electron chi connectivity index (χ0n) is 12.9. The van der Waals surface area contributed by atoms with Crippen LogP contribution in [0.3, 0.4) is 0 Å². The number of nitrogens with one attached hydrogen (secondary N) is 1. The Morgan fingerprint density at radius 3 is 2.65 bits per heavy atom. The standard InChI is InChI=1S/C14H27N3O3/c1-5-10(2)12(13(18)19)15-14(20)17(4)11-7-6-8-16(3)9-11/h10-12H,5-9H2,1-4H3,(H,15,20)(H,18,19). The van der Waals surface area contributed by atoms with Crippen molar-refractivity contribution in [2.45, 2.75) is 45.2 Å². The van der Waals surface area contributed by atoms with Crippen LogP contribution in [0.1, 0.15) is 33.1 Å². The molecule has 0 saturated carbocycles. The molecule has 1 saturated heterocycles. The van der Waals surface area contributed by atoms with Gasteiger partial charge in [0.25, 0.3) is 0 Å². The molecule has 3 unspecified atom stereocenters. The van der Waals surface area contributed by atoms with Gasteiger partial charge in [-0.15, -0.1) is 0 Å². The van der Waals surface area contributed by atoms with E-state index in [2.05, 4.69) is 10.2 Å². The van der Waals surface area contributed by atoms with Crippen LogP contribution in [0.2, 0.25) is 0 Å². The Labute approximate surface area is 121 Å². The van der Waals surface area contributed by atoms with E-state index < -0.39 is 12.0 Å². The molecule has 0 radical (unpaired) electrons. The number of likely N-dealkylation sites (tertiary alicyclic amines) is 1. The molecular weight excluding hydrogens is 258 g/mol. The van der Waals surface area contributed by atoms with Crippen LogP contribution in [0.25, 0.3) is 0 Å². The molecule has 6 heteroatoms. The van der Waals surface area contributed by atoms with E-state index in [0.717, 1.165) is 25.9 Å². The third-order valence-electron chi connectivity index (χ3n) is 4.23. The highest BCUT2D eigenvalue weighted by molar-refractivity contribution is 5.82. The van der Waals surface area contributed by atoms with E-state index in [0.29, 0.717) is 6.42 Å². The number of piperidine rings is 1. The van der Waals surface area contributed by atoms with Gasteiger partial charge in [0.1, 0.15) is 6.04 Å². The lowest BCUT2D eigenvalue weighted by Crippen LogP contribution is -2.54. The fourth-order valence-corrected chi connectivity index (χ4v) is 2.54. The molecule has 0 bridgehead atoms. The van der Waals surface area contributed by atoms with Crippen molar-refractivity contribution < 1.29 is 14.7 Å². The highest BCUT2D eigenvalue weighted by Crippen LogP contribution is 2.14. The van der Waals surface area contributed by atoms with Gasteiger partial charge in [0.15, 0.2) is 0 Å². The van der Waals surface area contributed by atoms with E-state index in [1.165, 1.54) is 0 Å². The average molecular weight is 285 g/mol. The minimum absolute atomic E-state index is 0.0844. The van der Waals surface area contributed by atoms with Gasteiger partial charge >= 0.3 is 12.0 Å².